The van der Waals surface area contributed by atoms with Gasteiger partial charge in [0.2, 0.25) is 0 Å². The molecule has 2 aromatic carbocycles. The summed E-state index contributed by atoms with van der Waals surface area (Å²) in [6.07, 6.45) is 1.31. The number of amides is 1. The molecule has 0 aliphatic rings. The van der Waals surface area contributed by atoms with Crippen molar-refractivity contribution in [1.82, 2.24) is 5.43 Å². The number of hydrogen-bond donors (Lipinski definition) is 2. The van der Waals surface area contributed by atoms with E-state index in [1.165, 1.54) is 19.4 Å². The number of hydrazone groups is 1. The topological polar surface area (TPSA) is 114 Å². The lowest BCUT2D eigenvalue weighted by atomic mass is 10.1. The Bertz CT molecular complexity index is 1270. The molecular formula is C22H16N2O6. The predicted molar refractivity (Wildman–Crippen MR) is 109 cm³/mol. The second-order valence-electron chi connectivity index (χ2n) is 6.24. The summed E-state index contributed by atoms with van der Waals surface area (Å²) in [6.45, 7) is 0. The van der Waals surface area contributed by atoms with Crippen molar-refractivity contribution >= 4 is 29.1 Å². The van der Waals surface area contributed by atoms with Gasteiger partial charge >= 0.3 is 11.9 Å². The van der Waals surface area contributed by atoms with Crippen molar-refractivity contribution < 1.29 is 28.3 Å². The molecule has 8 nitrogen and oxygen atoms in total. The van der Waals surface area contributed by atoms with Gasteiger partial charge in [0.25, 0.3) is 0 Å². The summed E-state index contributed by atoms with van der Waals surface area (Å²) < 4.78 is 16.4. The summed E-state index contributed by atoms with van der Waals surface area (Å²) in [6, 6.07) is 16.7. The van der Waals surface area contributed by atoms with Crippen LogP contribution in [0.4, 0.5) is 0 Å². The molecule has 0 bridgehead atoms. The molecule has 2 aromatic heterocycles. The van der Waals surface area contributed by atoms with Gasteiger partial charge in [-0.1, -0.05) is 30.3 Å². The lowest BCUT2D eigenvalue weighted by Gasteiger charge is -2.01. The van der Waals surface area contributed by atoms with E-state index in [1.807, 2.05) is 0 Å². The monoisotopic (exact) mass is 404 g/mol. The van der Waals surface area contributed by atoms with Gasteiger partial charge in [-0.3, -0.25) is 4.79 Å². The Morgan fingerprint density at radius 2 is 1.90 bits per heavy atom. The molecule has 0 aliphatic carbocycles. The Balaban J connectivity index is 1.48. The zero-order valence-corrected chi connectivity index (χ0v) is 15.8. The quantitative estimate of drug-likeness (QED) is 0.368. The van der Waals surface area contributed by atoms with Crippen LogP contribution in [0, 0.1) is 0 Å². The number of nitrogens with one attached hydrogen (secondary N) is 1. The number of rotatable bonds is 6. The van der Waals surface area contributed by atoms with E-state index in [4.69, 9.17) is 13.6 Å². The minimum absolute atomic E-state index is 0.0853. The van der Waals surface area contributed by atoms with E-state index in [-0.39, 0.29) is 11.3 Å². The molecule has 0 aliphatic heterocycles. The molecule has 4 aromatic rings. The van der Waals surface area contributed by atoms with Crippen molar-refractivity contribution in [1.29, 1.82) is 0 Å². The SMILES string of the molecule is COc1cccc2cc(C(=O)N/N=C/c3ccc(-c4ccccc4C(=O)O)o3)oc12. The highest BCUT2D eigenvalue weighted by atomic mass is 16.5. The number of carbonyl (C=O) groups is 2. The smallest absolute Gasteiger partial charge is 0.336 e. The summed E-state index contributed by atoms with van der Waals surface area (Å²) in [4.78, 5) is 23.7. The minimum atomic E-state index is -1.05. The van der Waals surface area contributed by atoms with E-state index in [0.717, 1.165) is 5.39 Å². The van der Waals surface area contributed by atoms with Crippen molar-refractivity contribution in [2.45, 2.75) is 0 Å². The molecule has 1 amide bonds. The molecular weight excluding hydrogens is 388 g/mol. The van der Waals surface area contributed by atoms with Crippen molar-refractivity contribution in [3.05, 3.63) is 77.7 Å². The van der Waals surface area contributed by atoms with Crippen LogP contribution in [0.2, 0.25) is 0 Å². The number of benzene rings is 2. The van der Waals surface area contributed by atoms with Gasteiger partial charge in [0, 0.05) is 10.9 Å². The second kappa shape index (κ2) is 7.96. The standard InChI is InChI=1S/C22H16N2O6/c1-28-18-8-4-5-13-11-19(30-20(13)18)21(25)24-23-12-14-9-10-17(29-14)15-6-2-3-7-16(15)22(26)27/h2-12H,1H3,(H,24,25)(H,26,27)/b23-12+. The van der Waals surface area contributed by atoms with E-state index in [9.17, 15) is 14.7 Å². The Labute approximate surface area is 170 Å². The lowest BCUT2D eigenvalue weighted by molar-refractivity contribution is 0.0697. The molecule has 0 fully saturated rings. The number of fused-ring (bicyclic) bond motifs is 1. The van der Waals surface area contributed by atoms with Crippen molar-refractivity contribution in [2.75, 3.05) is 7.11 Å². The first-order valence-corrected chi connectivity index (χ1v) is 8.89. The molecule has 8 heteroatoms. The molecule has 2 heterocycles. The highest BCUT2D eigenvalue weighted by Gasteiger charge is 2.15. The molecule has 0 saturated heterocycles. The van der Waals surface area contributed by atoms with Crippen LogP contribution in [-0.4, -0.2) is 30.3 Å². The summed E-state index contributed by atoms with van der Waals surface area (Å²) >= 11 is 0. The number of para-hydroxylation sites is 1. The van der Waals surface area contributed by atoms with Gasteiger partial charge < -0.3 is 18.7 Å². The third-order valence-corrected chi connectivity index (χ3v) is 4.36. The Morgan fingerprint density at radius 1 is 1.07 bits per heavy atom. The molecule has 0 spiro atoms. The number of nitrogens with zero attached hydrogens (tertiary/aromatic N) is 1. The number of carbonyl (C=O) groups excluding carboxylic acids is 1. The van der Waals surface area contributed by atoms with E-state index in [2.05, 4.69) is 10.5 Å². The fourth-order valence-electron chi connectivity index (χ4n) is 2.97. The van der Waals surface area contributed by atoms with Gasteiger partial charge in [-0.2, -0.15) is 5.10 Å². The first-order valence-electron chi connectivity index (χ1n) is 8.89. The van der Waals surface area contributed by atoms with E-state index in [1.54, 1.807) is 54.6 Å². The largest absolute Gasteiger partial charge is 0.493 e. The summed E-state index contributed by atoms with van der Waals surface area (Å²) in [7, 11) is 1.52. The third-order valence-electron chi connectivity index (χ3n) is 4.36. The number of ether oxygens (including phenoxy) is 1. The zero-order valence-electron chi connectivity index (χ0n) is 15.8. The predicted octanol–water partition coefficient (Wildman–Crippen LogP) is 4.16. The summed E-state index contributed by atoms with van der Waals surface area (Å²) in [5.74, 6) is -0.247. The molecule has 0 unspecified atom stereocenters. The maximum Gasteiger partial charge on any atom is 0.336 e. The lowest BCUT2D eigenvalue weighted by Crippen LogP contribution is -2.16. The molecule has 4 rings (SSSR count). The highest BCUT2D eigenvalue weighted by Crippen LogP contribution is 2.28. The number of methoxy groups -OCH3 is 1. The number of carboxylic acid groups (broad SMARTS) is 1. The van der Waals surface area contributed by atoms with Crippen LogP contribution in [0.1, 0.15) is 26.7 Å². The maximum atomic E-state index is 12.3. The Hall–Kier alpha value is -4.33. The molecule has 0 saturated carbocycles. The van der Waals surface area contributed by atoms with Gasteiger partial charge in [0.15, 0.2) is 17.1 Å². The maximum absolute atomic E-state index is 12.3. The van der Waals surface area contributed by atoms with Crippen LogP contribution >= 0.6 is 0 Å². The fourth-order valence-corrected chi connectivity index (χ4v) is 2.97. The number of furan rings is 2. The summed E-state index contributed by atoms with van der Waals surface area (Å²) in [5.41, 5.74) is 3.42. The number of aromatic carboxylic acids is 1. The highest BCUT2D eigenvalue weighted by molar-refractivity contribution is 5.98. The van der Waals surface area contributed by atoms with Crippen molar-refractivity contribution in [3.8, 4) is 17.1 Å². The first kappa shape index (κ1) is 19.0. The average Bonchev–Trinajstić information content (AvgIpc) is 3.40. The van der Waals surface area contributed by atoms with E-state index in [0.29, 0.717) is 28.4 Å². The minimum Gasteiger partial charge on any atom is -0.493 e. The van der Waals surface area contributed by atoms with Gasteiger partial charge in [-0.15, -0.1) is 0 Å². The van der Waals surface area contributed by atoms with Gasteiger partial charge in [0.1, 0.15) is 11.5 Å². The first-order chi connectivity index (χ1) is 14.6. The van der Waals surface area contributed by atoms with Gasteiger partial charge in [0.05, 0.1) is 18.9 Å². The molecule has 0 atom stereocenters. The van der Waals surface area contributed by atoms with Crippen molar-refractivity contribution in [2.24, 2.45) is 5.10 Å². The number of carboxylic acids is 1. The van der Waals surface area contributed by atoms with Gasteiger partial charge in [-0.25, -0.2) is 10.2 Å². The van der Waals surface area contributed by atoms with E-state index >= 15 is 0 Å². The Morgan fingerprint density at radius 3 is 2.70 bits per heavy atom. The molecule has 150 valence electrons. The van der Waals surface area contributed by atoms with Crippen molar-refractivity contribution in [3.63, 3.8) is 0 Å². The summed E-state index contributed by atoms with van der Waals surface area (Å²) in [5, 5.41) is 13.9. The fraction of sp³-hybridized carbons (Fsp3) is 0.0455. The Kier molecular flexibility index (Phi) is 5.04. The van der Waals surface area contributed by atoms with Crippen LogP contribution < -0.4 is 10.2 Å². The zero-order chi connectivity index (χ0) is 21.1. The second-order valence-corrected chi connectivity index (χ2v) is 6.24. The van der Waals surface area contributed by atoms with Crippen LogP contribution in [0.3, 0.4) is 0 Å². The molecule has 30 heavy (non-hydrogen) atoms. The van der Waals surface area contributed by atoms with Crippen LogP contribution in [-0.2, 0) is 0 Å². The van der Waals surface area contributed by atoms with Crippen LogP contribution in [0.25, 0.3) is 22.3 Å². The molecule has 2 N–H and O–H groups in total. The average molecular weight is 404 g/mol. The third kappa shape index (κ3) is 3.66. The van der Waals surface area contributed by atoms with E-state index < -0.39 is 11.9 Å². The molecule has 0 radical (unpaired) electrons. The van der Waals surface area contributed by atoms with Crippen LogP contribution in [0.5, 0.6) is 5.75 Å². The van der Waals surface area contributed by atoms with Gasteiger partial charge in [-0.05, 0) is 30.3 Å². The number of hydrogen-bond acceptors (Lipinski definition) is 6. The normalized spacial score (nSPS) is 11.1. The van der Waals surface area contributed by atoms with Crippen LogP contribution in [0.15, 0.2) is 74.6 Å².